The second-order valence-electron chi connectivity index (χ2n) is 6.22. The Labute approximate surface area is 123 Å². The molecule has 1 aromatic carbocycles. The van der Waals surface area contributed by atoms with Gasteiger partial charge >= 0.3 is 5.97 Å². The molecule has 0 aliphatic heterocycles. The first-order chi connectivity index (χ1) is 9.81. The van der Waals surface area contributed by atoms with Gasteiger partial charge < -0.3 is 10.4 Å². The van der Waals surface area contributed by atoms with Crippen LogP contribution >= 0.6 is 0 Å². The minimum Gasteiger partial charge on any atom is -0.478 e. The van der Waals surface area contributed by atoms with E-state index in [0.717, 1.165) is 25.3 Å². The lowest BCUT2D eigenvalue weighted by atomic mass is 9.73. The standard InChI is InChI=1S/C15H20N2O4/c1-15(2)8-4-3-5-13(15)16-12-7-6-10(17(20)21)9-11(12)14(18)19/h6-7,9,13,16H,3-5,8H2,1-2H3,(H,18,19). The van der Waals surface area contributed by atoms with Crippen molar-refractivity contribution in [3.05, 3.63) is 33.9 Å². The van der Waals surface area contributed by atoms with Crippen LogP contribution in [0, 0.1) is 15.5 Å². The second-order valence-corrected chi connectivity index (χ2v) is 6.22. The molecule has 1 unspecified atom stereocenters. The van der Waals surface area contributed by atoms with Crippen LogP contribution in [-0.4, -0.2) is 22.0 Å². The summed E-state index contributed by atoms with van der Waals surface area (Å²) in [7, 11) is 0. The van der Waals surface area contributed by atoms with Crippen LogP contribution in [0.5, 0.6) is 0 Å². The smallest absolute Gasteiger partial charge is 0.338 e. The Hall–Kier alpha value is -2.11. The van der Waals surface area contributed by atoms with E-state index in [1.165, 1.54) is 18.6 Å². The van der Waals surface area contributed by atoms with Gasteiger partial charge in [-0.1, -0.05) is 26.7 Å². The number of carbonyl (C=O) groups is 1. The van der Waals surface area contributed by atoms with E-state index in [1.807, 2.05) is 0 Å². The third kappa shape index (κ3) is 3.32. The summed E-state index contributed by atoms with van der Waals surface area (Å²) < 4.78 is 0. The van der Waals surface area contributed by atoms with Crippen LogP contribution in [0.1, 0.15) is 49.9 Å². The number of nitro groups is 1. The molecule has 1 saturated carbocycles. The molecule has 2 N–H and O–H groups in total. The third-order valence-corrected chi connectivity index (χ3v) is 4.28. The molecule has 6 heteroatoms. The van der Waals surface area contributed by atoms with Gasteiger partial charge in [0.2, 0.25) is 0 Å². The van der Waals surface area contributed by atoms with Gasteiger partial charge in [0.25, 0.3) is 5.69 Å². The molecule has 0 saturated heterocycles. The molecule has 0 aromatic heterocycles. The summed E-state index contributed by atoms with van der Waals surface area (Å²) in [6, 6.07) is 4.11. The van der Waals surface area contributed by atoms with Crippen LogP contribution in [0.3, 0.4) is 0 Å². The number of carboxylic acids is 1. The minimum absolute atomic E-state index is 0.0504. The SMILES string of the molecule is CC1(C)CCCCC1Nc1ccc([N+](=O)[O-])cc1C(=O)O. The number of nitrogens with zero attached hydrogens (tertiary/aromatic N) is 1. The number of hydrogen-bond acceptors (Lipinski definition) is 4. The van der Waals surface area contributed by atoms with Crippen molar-refractivity contribution in [1.29, 1.82) is 0 Å². The lowest BCUT2D eigenvalue weighted by Crippen LogP contribution is -2.39. The molecule has 2 rings (SSSR count). The van der Waals surface area contributed by atoms with Crippen molar-refractivity contribution in [2.45, 2.75) is 45.6 Å². The van der Waals surface area contributed by atoms with E-state index in [2.05, 4.69) is 19.2 Å². The predicted octanol–water partition coefficient (Wildman–Crippen LogP) is 3.67. The van der Waals surface area contributed by atoms with Gasteiger partial charge in [0.1, 0.15) is 0 Å². The number of anilines is 1. The van der Waals surface area contributed by atoms with Gasteiger partial charge in [-0.3, -0.25) is 10.1 Å². The Morgan fingerprint density at radius 3 is 2.71 bits per heavy atom. The van der Waals surface area contributed by atoms with E-state index in [9.17, 15) is 20.0 Å². The van der Waals surface area contributed by atoms with E-state index in [-0.39, 0.29) is 22.7 Å². The molecule has 0 heterocycles. The molecule has 0 bridgehead atoms. The van der Waals surface area contributed by atoms with E-state index >= 15 is 0 Å². The van der Waals surface area contributed by atoms with Gasteiger partial charge in [-0.2, -0.15) is 0 Å². The lowest BCUT2D eigenvalue weighted by Gasteiger charge is -2.39. The number of aromatic carboxylic acids is 1. The molecule has 1 aromatic rings. The number of carboxylic acid groups (broad SMARTS) is 1. The van der Waals surface area contributed by atoms with Gasteiger partial charge in [-0.25, -0.2) is 4.79 Å². The molecule has 1 atom stereocenters. The van der Waals surface area contributed by atoms with Gasteiger partial charge in [0, 0.05) is 23.9 Å². The van der Waals surface area contributed by atoms with Crippen molar-refractivity contribution in [3.8, 4) is 0 Å². The van der Waals surface area contributed by atoms with E-state index in [1.54, 1.807) is 0 Å². The molecule has 0 spiro atoms. The van der Waals surface area contributed by atoms with Crippen molar-refractivity contribution in [2.75, 3.05) is 5.32 Å². The normalized spacial score (nSPS) is 20.8. The molecule has 1 fully saturated rings. The zero-order chi connectivity index (χ0) is 15.6. The van der Waals surface area contributed by atoms with E-state index in [0.29, 0.717) is 5.69 Å². The number of non-ortho nitro benzene ring substituents is 1. The van der Waals surface area contributed by atoms with Crippen LogP contribution < -0.4 is 5.32 Å². The predicted molar refractivity (Wildman–Crippen MR) is 79.7 cm³/mol. The fourth-order valence-electron chi connectivity index (χ4n) is 2.90. The topological polar surface area (TPSA) is 92.5 Å². The highest BCUT2D eigenvalue weighted by Crippen LogP contribution is 2.38. The Morgan fingerprint density at radius 1 is 1.43 bits per heavy atom. The van der Waals surface area contributed by atoms with E-state index < -0.39 is 10.9 Å². The number of benzene rings is 1. The second kappa shape index (κ2) is 5.71. The van der Waals surface area contributed by atoms with Crippen molar-refractivity contribution in [2.24, 2.45) is 5.41 Å². The van der Waals surface area contributed by atoms with Crippen LogP contribution in [0.2, 0.25) is 0 Å². The Morgan fingerprint density at radius 2 is 2.14 bits per heavy atom. The minimum atomic E-state index is -1.16. The maximum atomic E-state index is 11.3. The summed E-state index contributed by atoms with van der Waals surface area (Å²) in [4.78, 5) is 21.5. The van der Waals surface area contributed by atoms with Gasteiger partial charge in [0.15, 0.2) is 0 Å². The number of nitrogens with one attached hydrogen (secondary N) is 1. The Kier molecular flexibility index (Phi) is 4.16. The molecule has 114 valence electrons. The first kappa shape index (κ1) is 15.3. The molecular weight excluding hydrogens is 272 g/mol. The zero-order valence-corrected chi connectivity index (χ0v) is 12.3. The average molecular weight is 292 g/mol. The van der Waals surface area contributed by atoms with Gasteiger partial charge in [0.05, 0.1) is 10.5 Å². The van der Waals surface area contributed by atoms with Crippen molar-refractivity contribution < 1.29 is 14.8 Å². The molecule has 1 aliphatic rings. The van der Waals surface area contributed by atoms with Gasteiger partial charge in [-0.05, 0) is 24.3 Å². The number of rotatable bonds is 4. The van der Waals surface area contributed by atoms with Crippen molar-refractivity contribution >= 4 is 17.3 Å². The van der Waals surface area contributed by atoms with Crippen LogP contribution in [0.15, 0.2) is 18.2 Å². The van der Waals surface area contributed by atoms with Gasteiger partial charge in [-0.15, -0.1) is 0 Å². The molecule has 0 radical (unpaired) electrons. The van der Waals surface area contributed by atoms with Crippen LogP contribution in [-0.2, 0) is 0 Å². The average Bonchev–Trinajstić information content (AvgIpc) is 2.41. The Balaban J connectivity index is 2.31. The fraction of sp³-hybridized carbons (Fsp3) is 0.533. The highest BCUT2D eigenvalue weighted by Gasteiger charge is 2.32. The number of hydrogen-bond donors (Lipinski definition) is 2. The molecule has 0 amide bonds. The first-order valence-electron chi connectivity index (χ1n) is 7.09. The molecule has 6 nitrogen and oxygen atoms in total. The fourth-order valence-corrected chi connectivity index (χ4v) is 2.90. The highest BCUT2D eigenvalue weighted by molar-refractivity contribution is 5.95. The summed E-state index contributed by atoms with van der Waals surface area (Å²) in [5.41, 5.74) is 0.273. The van der Waals surface area contributed by atoms with Crippen LogP contribution in [0.4, 0.5) is 11.4 Å². The third-order valence-electron chi connectivity index (χ3n) is 4.28. The van der Waals surface area contributed by atoms with E-state index in [4.69, 9.17) is 0 Å². The maximum absolute atomic E-state index is 11.3. The first-order valence-corrected chi connectivity index (χ1v) is 7.09. The quantitative estimate of drug-likeness (QED) is 0.652. The largest absolute Gasteiger partial charge is 0.478 e. The summed E-state index contributed by atoms with van der Waals surface area (Å²) in [6.07, 6.45) is 4.34. The molecule has 1 aliphatic carbocycles. The summed E-state index contributed by atoms with van der Waals surface area (Å²) in [5, 5.41) is 23.3. The zero-order valence-electron chi connectivity index (χ0n) is 12.3. The van der Waals surface area contributed by atoms with Crippen LogP contribution in [0.25, 0.3) is 0 Å². The summed E-state index contributed by atoms with van der Waals surface area (Å²) in [5.74, 6) is -1.16. The summed E-state index contributed by atoms with van der Waals surface area (Å²) in [6.45, 7) is 4.32. The van der Waals surface area contributed by atoms with Crippen molar-refractivity contribution in [3.63, 3.8) is 0 Å². The maximum Gasteiger partial charge on any atom is 0.338 e. The van der Waals surface area contributed by atoms with Crippen molar-refractivity contribution in [1.82, 2.24) is 0 Å². The molecular formula is C15H20N2O4. The monoisotopic (exact) mass is 292 g/mol. The Bertz CT molecular complexity index is 569. The summed E-state index contributed by atoms with van der Waals surface area (Å²) >= 11 is 0. The number of nitro benzene ring substituents is 1. The molecule has 21 heavy (non-hydrogen) atoms. The lowest BCUT2D eigenvalue weighted by molar-refractivity contribution is -0.384. The highest BCUT2D eigenvalue weighted by atomic mass is 16.6.